The molecule has 0 aliphatic rings. The molecular weight excluding hydrogens is 339 g/mol. The zero-order chi connectivity index (χ0) is 17.9. The second-order valence-corrected chi connectivity index (χ2v) is 10.8. The summed E-state index contributed by atoms with van der Waals surface area (Å²) in [6.07, 6.45) is 0. The van der Waals surface area contributed by atoms with E-state index in [1.165, 1.54) is 11.4 Å². The molecule has 0 radical (unpaired) electrons. The van der Waals surface area contributed by atoms with Crippen LogP contribution < -0.4 is 9.05 Å². The Kier molecular flexibility index (Phi) is 6.06. The molecule has 24 heavy (non-hydrogen) atoms. The molecule has 0 atom stereocenters. The monoisotopic (exact) mass is 364 g/mol. The number of benzene rings is 2. The van der Waals surface area contributed by atoms with Crippen molar-refractivity contribution in [2.24, 2.45) is 0 Å². The second kappa shape index (κ2) is 7.67. The summed E-state index contributed by atoms with van der Waals surface area (Å²) in [5.74, 6) is 1.15. The smallest absolute Gasteiger partial charge is 0.408 e. The van der Waals surface area contributed by atoms with E-state index in [9.17, 15) is 4.57 Å². The molecule has 130 valence electrons. The number of aryl methyl sites for hydroxylation is 4. The molecule has 0 aliphatic carbocycles. The van der Waals surface area contributed by atoms with Crippen molar-refractivity contribution in [1.29, 1.82) is 0 Å². The molecule has 2 rings (SSSR count). The van der Waals surface area contributed by atoms with Crippen molar-refractivity contribution in [3.8, 4) is 11.5 Å². The Balaban J connectivity index is 2.33. The van der Waals surface area contributed by atoms with E-state index in [4.69, 9.17) is 9.05 Å². The maximum absolute atomic E-state index is 13.3. The molecule has 2 aromatic carbocycles. The van der Waals surface area contributed by atoms with Gasteiger partial charge >= 0.3 is 6.80 Å². The van der Waals surface area contributed by atoms with E-state index in [-0.39, 0.29) is 5.25 Å². The number of hydrogen-bond acceptors (Lipinski definition) is 4. The van der Waals surface area contributed by atoms with Crippen LogP contribution in [0.1, 0.15) is 36.1 Å². The lowest BCUT2D eigenvalue weighted by Gasteiger charge is -2.21. The zero-order valence-electron chi connectivity index (χ0n) is 15.1. The number of rotatable bonds is 6. The van der Waals surface area contributed by atoms with Crippen LogP contribution in [0.4, 0.5) is 0 Å². The average Bonchev–Trinajstić information content (AvgIpc) is 2.33. The molecule has 0 N–H and O–H groups in total. The van der Waals surface area contributed by atoms with Crippen LogP contribution in [0.3, 0.4) is 0 Å². The number of hydrogen-bond donors (Lipinski definition) is 0. The molecular formula is C19H25O3PS. The minimum Gasteiger partial charge on any atom is -0.408 e. The molecule has 2 aromatic rings. The summed E-state index contributed by atoms with van der Waals surface area (Å²) in [5.41, 5.74) is 4.27. The van der Waals surface area contributed by atoms with Gasteiger partial charge in [-0.2, -0.15) is 0 Å². The first-order chi connectivity index (χ1) is 11.1. The first-order valence-corrected chi connectivity index (χ1v) is 11.0. The first kappa shape index (κ1) is 19.0. The molecule has 0 saturated heterocycles. The largest absolute Gasteiger partial charge is 0.493 e. The van der Waals surface area contributed by atoms with Crippen molar-refractivity contribution in [3.05, 3.63) is 58.7 Å². The Morgan fingerprint density at radius 2 is 1.08 bits per heavy atom. The fourth-order valence-electron chi connectivity index (χ4n) is 2.55. The minimum atomic E-state index is -3.38. The third-order valence-corrected chi connectivity index (χ3v) is 7.20. The van der Waals surface area contributed by atoms with Crippen molar-refractivity contribution < 1.29 is 13.6 Å². The third-order valence-electron chi connectivity index (χ3n) is 3.16. The summed E-state index contributed by atoms with van der Waals surface area (Å²) < 4.78 is 25.0. The Morgan fingerprint density at radius 1 is 0.750 bits per heavy atom. The Hall–Kier alpha value is -1.38. The average molecular weight is 364 g/mol. The van der Waals surface area contributed by atoms with Gasteiger partial charge in [0.05, 0.1) is 0 Å². The van der Waals surface area contributed by atoms with E-state index >= 15 is 0 Å². The SMILES string of the molecule is Cc1cc(C)cc(OP(=O)(Oc2cc(C)cc(C)c2)SC(C)C)c1. The van der Waals surface area contributed by atoms with Crippen molar-refractivity contribution in [2.75, 3.05) is 0 Å². The highest BCUT2D eigenvalue weighted by Crippen LogP contribution is 2.61. The van der Waals surface area contributed by atoms with Crippen LogP contribution in [0.15, 0.2) is 36.4 Å². The van der Waals surface area contributed by atoms with Gasteiger partial charge in [0, 0.05) is 5.25 Å². The molecule has 0 unspecified atom stereocenters. The van der Waals surface area contributed by atoms with Gasteiger partial charge in [0.2, 0.25) is 0 Å². The van der Waals surface area contributed by atoms with Crippen LogP contribution in [-0.4, -0.2) is 5.25 Å². The van der Waals surface area contributed by atoms with Gasteiger partial charge in [-0.05, 0) is 85.6 Å². The predicted molar refractivity (Wildman–Crippen MR) is 103 cm³/mol. The molecule has 0 bridgehead atoms. The van der Waals surface area contributed by atoms with E-state index in [0.717, 1.165) is 22.3 Å². The van der Waals surface area contributed by atoms with Gasteiger partial charge < -0.3 is 9.05 Å². The van der Waals surface area contributed by atoms with Gasteiger partial charge in [0.15, 0.2) is 0 Å². The van der Waals surface area contributed by atoms with Gasteiger partial charge in [-0.3, -0.25) is 0 Å². The molecule has 0 fully saturated rings. The summed E-state index contributed by atoms with van der Waals surface area (Å²) in [5, 5.41) is 0.118. The Labute approximate surface area is 149 Å². The van der Waals surface area contributed by atoms with Crippen molar-refractivity contribution in [1.82, 2.24) is 0 Å². The molecule has 0 amide bonds. The standard InChI is InChI=1S/C19H25O3PS/c1-13(2)24-23(20,21-18-9-14(3)7-15(4)10-18)22-19-11-16(5)8-17(6)12-19/h7-13H,1-6H3. The summed E-state index contributed by atoms with van der Waals surface area (Å²) in [7, 11) is 0. The molecule has 0 aromatic heterocycles. The van der Waals surface area contributed by atoms with Gasteiger partial charge in [-0.1, -0.05) is 26.0 Å². The second-order valence-electron chi connectivity index (χ2n) is 6.43. The van der Waals surface area contributed by atoms with Gasteiger partial charge in [0.1, 0.15) is 11.5 Å². The lowest BCUT2D eigenvalue weighted by atomic mass is 10.1. The molecule has 0 aliphatic heterocycles. The van der Waals surface area contributed by atoms with E-state index in [1.54, 1.807) is 0 Å². The topological polar surface area (TPSA) is 35.5 Å². The first-order valence-electron chi connectivity index (χ1n) is 7.99. The molecule has 0 saturated carbocycles. The highest BCUT2D eigenvalue weighted by molar-refractivity contribution is 8.55. The maximum Gasteiger partial charge on any atom is 0.493 e. The Morgan fingerprint density at radius 3 is 1.38 bits per heavy atom. The highest BCUT2D eigenvalue weighted by Gasteiger charge is 2.31. The molecule has 3 nitrogen and oxygen atoms in total. The van der Waals surface area contributed by atoms with Crippen molar-refractivity contribution >= 4 is 18.2 Å². The van der Waals surface area contributed by atoms with Crippen LogP contribution in [-0.2, 0) is 4.57 Å². The summed E-state index contributed by atoms with van der Waals surface area (Å²) >= 11 is 1.23. The highest BCUT2D eigenvalue weighted by atomic mass is 32.7. The third kappa shape index (κ3) is 5.61. The minimum absolute atomic E-state index is 0.118. The lowest BCUT2D eigenvalue weighted by molar-refractivity contribution is 0.407. The van der Waals surface area contributed by atoms with E-state index in [2.05, 4.69) is 12.1 Å². The van der Waals surface area contributed by atoms with Crippen LogP contribution in [0, 0.1) is 27.7 Å². The van der Waals surface area contributed by atoms with Gasteiger partial charge in [-0.25, -0.2) is 4.57 Å². The quantitative estimate of drug-likeness (QED) is 0.539. The van der Waals surface area contributed by atoms with Gasteiger partial charge in [0.25, 0.3) is 0 Å². The van der Waals surface area contributed by atoms with Crippen LogP contribution in [0.25, 0.3) is 0 Å². The van der Waals surface area contributed by atoms with E-state index in [1.807, 2.05) is 65.8 Å². The zero-order valence-corrected chi connectivity index (χ0v) is 16.8. The molecule has 5 heteroatoms. The van der Waals surface area contributed by atoms with Crippen molar-refractivity contribution in [2.45, 2.75) is 46.8 Å². The van der Waals surface area contributed by atoms with E-state index < -0.39 is 6.80 Å². The van der Waals surface area contributed by atoms with Gasteiger partial charge in [-0.15, -0.1) is 0 Å². The predicted octanol–water partition coefficient (Wildman–Crippen LogP) is 6.63. The lowest BCUT2D eigenvalue weighted by Crippen LogP contribution is -2.02. The van der Waals surface area contributed by atoms with Crippen molar-refractivity contribution in [3.63, 3.8) is 0 Å². The van der Waals surface area contributed by atoms with Crippen LogP contribution >= 0.6 is 18.2 Å². The maximum atomic E-state index is 13.3. The van der Waals surface area contributed by atoms with E-state index in [0.29, 0.717) is 11.5 Å². The fraction of sp³-hybridized carbons (Fsp3) is 0.368. The van der Waals surface area contributed by atoms with Crippen LogP contribution in [0.5, 0.6) is 11.5 Å². The summed E-state index contributed by atoms with van der Waals surface area (Å²) in [6, 6.07) is 11.6. The Bertz CT molecular complexity index is 673. The fourth-order valence-corrected chi connectivity index (χ4v) is 6.24. The normalized spacial score (nSPS) is 11.6. The van der Waals surface area contributed by atoms with Crippen LogP contribution in [0.2, 0.25) is 0 Å². The summed E-state index contributed by atoms with van der Waals surface area (Å²) in [6.45, 7) is 8.54. The summed E-state index contributed by atoms with van der Waals surface area (Å²) in [4.78, 5) is 0. The molecule has 0 spiro atoms. The molecule has 0 heterocycles.